The van der Waals surface area contributed by atoms with Crippen molar-refractivity contribution in [2.45, 2.75) is 44.0 Å². The van der Waals surface area contributed by atoms with Crippen molar-refractivity contribution in [2.24, 2.45) is 0 Å². The van der Waals surface area contributed by atoms with Gasteiger partial charge in [0.25, 0.3) is 0 Å². The molecule has 0 aliphatic rings. The van der Waals surface area contributed by atoms with Gasteiger partial charge in [-0.3, -0.25) is 4.21 Å². The molecule has 0 saturated heterocycles. The van der Waals surface area contributed by atoms with E-state index < -0.39 is 10.8 Å². The van der Waals surface area contributed by atoms with Crippen LogP contribution in [0.2, 0.25) is 0 Å². The van der Waals surface area contributed by atoms with Gasteiger partial charge in [-0.1, -0.05) is 26.0 Å². The third-order valence-electron chi connectivity index (χ3n) is 3.04. The van der Waals surface area contributed by atoms with Crippen molar-refractivity contribution in [3.05, 3.63) is 29.8 Å². The highest BCUT2D eigenvalue weighted by atomic mass is 32.2. The van der Waals surface area contributed by atoms with E-state index in [4.69, 9.17) is 0 Å². The third-order valence-corrected chi connectivity index (χ3v) is 4.44. The quantitative estimate of drug-likeness (QED) is 0.844. The van der Waals surface area contributed by atoms with Crippen molar-refractivity contribution in [1.82, 2.24) is 5.32 Å². The molecule has 17 heavy (non-hydrogen) atoms. The van der Waals surface area contributed by atoms with Crippen LogP contribution < -0.4 is 5.32 Å². The van der Waals surface area contributed by atoms with Crippen LogP contribution in [0.5, 0.6) is 0 Å². The predicted molar refractivity (Wildman–Crippen MR) is 74.9 cm³/mol. The second-order valence-corrected chi connectivity index (χ2v) is 6.32. The lowest BCUT2D eigenvalue weighted by Gasteiger charge is -2.10. The van der Waals surface area contributed by atoms with Crippen LogP contribution in [0.25, 0.3) is 0 Å². The van der Waals surface area contributed by atoms with Crippen molar-refractivity contribution >= 4 is 10.8 Å². The Labute approximate surface area is 107 Å². The summed E-state index contributed by atoms with van der Waals surface area (Å²) in [5, 5.41) is 3.16. The molecule has 1 aromatic carbocycles. The van der Waals surface area contributed by atoms with Gasteiger partial charge in [-0.15, -0.1) is 0 Å². The maximum atomic E-state index is 12.0. The van der Waals surface area contributed by atoms with Gasteiger partial charge in [0.05, 0.1) is 10.8 Å². The summed E-state index contributed by atoms with van der Waals surface area (Å²) in [6.45, 7) is 6.44. The molecule has 1 rings (SSSR count). The molecule has 1 aromatic rings. The molecule has 0 saturated carbocycles. The van der Waals surface area contributed by atoms with Crippen LogP contribution in [0.1, 0.15) is 38.7 Å². The molecule has 2 unspecified atom stereocenters. The lowest BCUT2D eigenvalue weighted by Crippen LogP contribution is -2.23. The van der Waals surface area contributed by atoms with E-state index in [1.54, 1.807) is 0 Å². The zero-order valence-corrected chi connectivity index (χ0v) is 12.0. The van der Waals surface area contributed by atoms with E-state index in [-0.39, 0.29) is 0 Å². The third kappa shape index (κ3) is 4.60. The summed E-state index contributed by atoms with van der Waals surface area (Å²) < 4.78 is 12.0. The average molecular weight is 253 g/mol. The Kier molecular flexibility index (Phi) is 5.86. The zero-order chi connectivity index (χ0) is 12.8. The number of hydrogen-bond donors (Lipinski definition) is 1. The summed E-state index contributed by atoms with van der Waals surface area (Å²) in [6.07, 6.45) is 0.940. The SMILES string of the molecule is CNC(C)CCS(=O)c1ccc(C(C)C)cc1. The van der Waals surface area contributed by atoms with Crippen LogP contribution in [0.15, 0.2) is 29.2 Å². The van der Waals surface area contributed by atoms with Gasteiger partial charge >= 0.3 is 0 Å². The molecule has 2 nitrogen and oxygen atoms in total. The van der Waals surface area contributed by atoms with Crippen molar-refractivity contribution in [3.63, 3.8) is 0 Å². The van der Waals surface area contributed by atoms with Crippen molar-refractivity contribution in [1.29, 1.82) is 0 Å². The van der Waals surface area contributed by atoms with Crippen LogP contribution in [-0.2, 0) is 10.8 Å². The number of hydrogen-bond acceptors (Lipinski definition) is 2. The standard InChI is InChI=1S/C14H23NOS/c1-11(2)13-5-7-14(8-6-13)17(16)10-9-12(3)15-4/h5-8,11-12,15H,9-10H2,1-4H3. The van der Waals surface area contributed by atoms with Crippen molar-refractivity contribution < 1.29 is 4.21 Å². The maximum Gasteiger partial charge on any atom is 0.0530 e. The van der Waals surface area contributed by atoms with Gasteiger partial charge in [0, 0.05) is 16.7 Å². The first-order chi connectivity index (χ1) is 8.04. The second-order valence-electron chi connectivity index (χ2n) is 4.75. The number of nitrogens with one attached hydrogen (secondary N) is 1. The fourth-order valence-corrected chi connectivity index (χ4v) is 2.79. The van der Waals surface area contributed by atoms with Gasteiger partial charge in [-0.25, -0.2) is 0 Å². The van der Waals surface area contributed by atoms with Crippen molar-refractivity contribution in [3.8, 4) is 0 Å². The normalized spacial score (nSPS) is 14.9. The smallest absolute Gasteiger partial charge is 0.0530 e. The van der Waals surface area contributed by atoms with Gasteiger partial charge in [-0.2, -0.15) is 0 Å². The molecule has 0 amide bonds. The summed E-state index contributed by atoms with van der Waals surface area (Å²) in [4.78, 5) is 0.942. The lowest BCUT2D eigenvalue weighted by molar-refractivity contribution is 0.591. The first-order valence-electron chi connectivity index (χ1n) is 6.20. The van der Waals surface area contributed by atoms with Crippen LogP contribution in [0.4, 0.5) is 0 Å². The molecule has 0 bridgehead atoms. The molecular formula is C14H23NOS. The van der Waals surface area contributed by atoms with Crippen LogP contribution in [0, 0.1) is 0 Å². The van der Waals surface area contributed by atoms with E-state index in [0.717, 1.165) is 17.1 Å². The molecule has 0 radical (unpaired) electrons. The highest BCUT2D eigenvalue weighted by Gasteiger charge is 2.07. The monoisotopic (exact) mass is 253 g/mol. The van der Waals surface area contributed by atoms with Gasteiger partial charge in [0.2, 0.25) is 0 Å². The van der Waals surface area contributed by atoms with E-state index in [9.17, 15) is 4.21 Å². The maximum absolute atomic E-state index is 12.0. The largest absolute Gasteiger partial charge is 0.317 e. The minimum absolute atomic E-state index is 0.425. The first kappa shape index (κ1) is 14.4. The Morgan fingerprint density at radius 1 is 1.18 bits per heavy atom. The van der Waals surface area contributed by atoms with Gasteiger partial charge < -0.3 is 5.32 Å². The summed E-state index contributed by atoms with van der Waals surface area (Å²) in [5.41, 5.74) is 1.30. The average Bonchev–Trinajstić information content (AvgIpc) is 2.35. The van der Waals surface area contributed by atoms with E-state index in [2.05, 4.69) is 38.2 Å². The minimum atomic E-state index is -0.867. The minimum Gasteiger partial charge on any atom is -0.317 e. The Hall–Kier alpha value is -0.670. The molecular weight excluding hydrogens is 230 g/mol. The van der Waals surface area contributed by atoms with Crippen LogP contribution in [0.3, 0.4) is 0 Å². The Balaban J connectivity index is 2.58. The highest BCUT2D eigenvalue weighted by Crippen LogP contribution is 2.16. The van der Waals surface area contributed by atoms with Gasteiger partial charge in [0.1, 0.15) is 0 Å². The topological polar surface area (TPSA) is 29.1 Å². The summed E-state index contributed by atoms with van der Waals surface area (Å²) >= 11 is 0. The first-order valence-corrected chi connectivity index (χ1v) is 7.52. The molecule has 0 heterocycles. The second kappa shape index (κ2) is 6.92. The molecule has 0 fully saturated rings. The van der Waals surface area contributed by atoms with E-state index in [0.29, 0.717) is 12.0 Å². The van der Waals surface area contributed by atoms with Gasteiger partial charge in [-0.05, 0) is 44.0 Å². The molecule has 1 N–H and O–H groups in total. The summed E-state index contributed by atoms with van der Waals surface area (Å²) in [5.74, 6) is 1.25. The van der Waals surface area contributed by atoms with Gasteiger partial charge in [0.15, 0.2) is 0 Å². The van der Waals surface area contributed by atoms with E-state index >= 15 is 0 Å². The summed E-state index contributed by atoms with van der Waals surface area (Å²) in [7, 11) is 1.07. The van der Waals surface area contributed by atoms with Crippen LogP contribution >= 0.6 is 0 Å². The summed E-state index contributed by atoms with van der Waals surface area (Å²) in [6, 6.07) is 8.58. The van der Waals surface area contributed by atoms with E-state index in [1.807, 2.05) is 19.2 Å². The Morgan fingerprint density at radius 2 is 1.76 bits per heavy atom. The Bertz CT molecular complexity index is 359. The lowest BCUT2D eigenvalue weighted by atomic mass is 10.0. The van der Waals surface area contributed by atoms with E-state index in [1.165, 1.54) is 5.56 Å². The molecule has 2 atom stereocenters. The van der Waals surface area contributed by atoms with Crippen molar-refractivity contribution in [2.75, 3.05) is 12.8 Å². The number of rotatable bonds is 6. The molecule has 3 heteroatoms. The predicted octanol–water partition coefficient (Wildman–Crippen LogP) is 2.92. The molecule has 0 aliphatic heterocycles. The Morgan fingerprint density at radius 3 is 2.24 bits per heavy atom. The molecule has 0 aliphatic carbocycles. The van der Waals surface area contributed by atoms with Crippen LogP contribution in [-0.4, -0.2) is 23.1 Å². The highest BCUT2D eigenvalue weighted by molar-refractivity contribution is 7.85. The fraction of sp³-hybridized carbons (Fsp3) is 0.571. The molecule has 0 spiro atoms. The molecule has 96 valence electrons. The molecule has 0 aromatic heterocycles. The number of benzene rings is 1. The fourth-order valence-electron chi connectivity index (χ4n) is 1.55. The zero-order valence-electron chi connectivity index (χ0n) is 11.2.